The van der Waals surface area contributed by atoms with Crippen LogP contribution in [0.1, 0.15) is 12.8 Å². The first-order chi connectivity index (χ1) is 6.79. The number of hydrogen-bond acceptors (Lipinski definition) is 4. The Balaban J connectivity index is 2.04. The van der Waals surface area contributed by atoms with Crippen molar-refractivity contribution >= 4 is 21.7 Å². The van der Waals surface area contributed by atoms with Gasteiger partial charge in [0.05, 0.1) is 11.1 Å². The molecule has 4 nitrogen and oxygen atoms in total. The van der Waals surface area contributed by atoms with Crippen LogP contribution in [-0.2, 0) is 0 Å². The van der Waals surface area contributed by atoms with Gasteiger partial charge in [-0.25, -0.2) is 5.84 Å². The van der Waals surface area contributed by atoms with Crippen molar-refractivity contribution in [2.24, 2.45) is 11.8 Å². The van der Waals surface area contributed by atoms with Crippen LogP contribution in [0.15, 0.2) is 16.6 Å². The molecule has 14 heavy (non-hydrogen) atoms. The molecule has 0 saturated heterocycles. The molecule has 0 atom stereocenters. The summed E-state index contributed by atoms with van der Waals surface area (Å²) in [5.41, 5.74) is 2.49. The molecule has 1 aromatic rings. The van der Waals surface area contributed by atoms with Gasteiger partial charge in [-0.3, -0.25) is 0 Å². The first-order valence-electron chi connectivity index (χ1n) is 4.55. The van der Waals surface area contributed by atoms with Crippen molar-refractivity contribution in [1.29, 1.82) is 0 Å². The molecule has 0 radical (unpaired) electrons. The standard InChI is InChI=1S/C9H12BrN3O/c10-7-3-4-8(13-11)12-9(7)14-5-6-1-2-6/h3-4,6H,1-2,5,11H2,(H,12,13). The van der Waals surface area contributed by atoms with Crippen LogP contribution in [0.4, 0.5) is 5.82 Å². The molecule has 0 bridgehead atoms. The third-order valence-corrected chi connectivity index (χ3v) is 2.72. The predicted molar refractivity (Wildman–Crippen MR) is 58.0 cm³/mol. The van der Waals surface area contributed by atoms with Crippen LogP contribution in [-0.4, -0.2) is 11.6 Å². The summed E-state index contributed by atoms with van der Waals surface area (Å²) >= 11 is 3.37. The van der Waals surface area contributed by atoms with Crippen LogP contribution in [0, 0.1) is 5.92 Å². The Bertz CT molecular complexity index is 328. The Hall–Kier alpha value is -0.810. The number of nitrogens with one attached hydrogen (secondary N) is 1. The second-order valence-corrected chi connectivity index (χ2v) is 4.24. The monoisotopic (exact) mass is 257 g/mol. The summed E-state index contributed by atoms with van der Waals surface area (Å²) in [4.78, 5) is 4.19. The number of halogens is 1. The van der Waals surface area contributed by atoms with E-state index in [0.717, 1.165) is 17.0 Å². The first kappa shape index (κ1) is 9.73. The molecule has 0 amide bonds. The molecule has 3 N–H and O–H groups in total. The number of anilines is 1. The lowest BCUT2D eigenvalue weighted by Gasteiger charge is -2.07. The molecule has 2 rings (SSSR count). The zero-order valence-corrected chi connectivity index (χ0v) is 9.25. The third kappa shape index (κ3) is 2.36. The number of ether oxygens (including phenoxy) is 1. The summed E-state index contributed by atoms with van der Waals surface area (Å²) in [6, 6.07) is 3.65. The summed E-state index contributed by atoms with van der Waals surface area (Å²) in [6.45, 7) is 0.750. The maximum atomic E-state index is 5.55. The van der Waals surface area contributed by atoms with Crippen molar-refractivity contribution in [2.45, 2.75) is 12.8 Å². The van der Waals surface area contributed by atoms with Crippen molar-refractivity contribution in [3.8, 4) is 5.88 Å². The zero-order chi connectivity index (χ0) is 9.97. The lowest BCUT2D eigenvalue weighted by atomic mass is 10.4. The lowest BCUT2D eigenvalue weighted by molar-refractivity contribution is 0.287. The Morgan fingerprint density at radius 2 is 2.36 bits per heavy atom. The van der Waals surface area contributed by atoms with Gasteiger partial charge < -0.3 is 10.2 Å². The number of nitrogens with zero attached hydrogens (tertiary/aromatic N) is 1. The van der Waals surface area contributed by atoms with E-state index < -0.39 is 0 Å². The summed E-state index contributed by atoms with van der Waals surface area (Å²) < 4.78 is 6.41. The second kappa shape index (κ2) is 4.14. The van der Waals surface area contributed by atoms with Crippen molar-refractivity contribution < 1.29 is 4.74 Å². The molecule has 1 heterocycles. The van der Waals surface area contributed by atoms with Crippen LogP contribution >= 0.6 is 15.9 Å². The molecular formula is C9H12BrN3O. The van der Waals surface area contributed by atoms with E-state index in [2.05, 4.69) is 26.3 Å². The van der Waals surface area contributed by atoms with Gasteiger partial charge in [-0.1, -0.05) is 0 Å². The second-order valence-electron chi connectivity index (χ2n) is 3.38. The molecule has 1 aliphatic carbocycles. The highest BCUT2D eigenvalue weighted by Crippen LogP contribution is 2.31. The fraction of sp³-hybridized carbons (Fsp3) is 0.444. The smallest absolute Gasteiger partial charge is 0.229 e. The maximum Gasteiger partial charge on any atom is 0.229 e. The number of hydrogen-bond donors (Lipinski definition) is 2. The molecule has 0 unspecified atom stereocenters. The normalized spacial score (nSPS) is 15.3. The van der Waals surface area contributed by atoms with Gasteiger partial charge in [0.1, 0.15) is 5.82 Å². The Morgan fingerprint density at radius 1 is 1.57 bits per heavy atom. The molecule has 0 aromatic carbocycles. The molecule has 1 aromatic heterocycles. The van der Waals surface area contributed by atoms with Crippen LogP contribution in [0.25, 0.3) is 0 Å². The third-order valence-electron chi connectivity index (χ3n) is 2.11. The van der Waals surface area contributed by atoms with Gasteiger partial charge in [-0.05, 0) is 46.8 Å². The lowest BCUT2D eigenvalue weighted by Crippen LogP contribution is -2.09. The number of nitrogen functional groups attached to an aromatic ring is 1. The molecular weight excluding hydrogens is 246 g/mol. The van der Waals surface area contributed by atoms with Gasteiger partial charge in [0.2, 0.25) is 5.88 Å². The maximum absolute atomic E-state index is 5.55. The molecule has 5 heteroatoms. The number of pyridine rings is 1. The minimum Gasteiger partial charge on any atom is -0.477 e. The van der Waals surface area contributed by atoms with E-state index in [4.69, 9.17) is 10.6 Å². The van der Waals surface area contributed by atoms with Gasteiger partial charge in [-0.2, -0.15) is 4.98 Å². The average molecular weight is 258 g/mol. The summed E-state index contributed by atoms with van der Waals surface area (Å²) in [7, 11) is 0. The van der Waals surface area contributed by atoms with Crippen LogP contribution in [0.2, 0.25) is 0 Å². The highest BCUT2D eigenvalue weighted by Gasteiger charge is 2.22. The van der Waals surface area contributed by atoms with Crippen LogP contribution in [0.5, 0.6) is 5.88 Å². The van der Waals surface area contributed by atoms with Crippen molar-refractivity contribution in [3.63, 3.8) is 0 Å². The van der Waals surface area contributed by atoms with E-state index in [0.29, 0.717) is 11.7 Å². The predicted octanol–water partition coefficient (Wildman–Crippen LogP) is 1.92. The highest BCUT2D eigenvalue weighted by molar-refractivity contribution is 9.10. The Labute approximate surface area is 90.9 Å². The first-order valence-corrected chi connectivity index (χ1v) is 5.35. The van der Waals surface area contributed by atoms with Crippen molar-refractivity contribution in [2.75, 3.05) is 12.0 Å². The van der Waals surface area contributed by atoms with E-state index in [1.54, 1.807) is 6.07 Å². The van der Waals surface area contributed by atoms with E-state index >= 15 is 0 Å². The Morgan fingerprint density at radius 3 is 3.00 bits per heavy atom. The number of hydrazine groups is 1. The van der Waals surface area contributed by atoms with Gasteiger partial charge in [0.15, 0.2) is 0 Å². The highest BCUT2D eigenvalue weighted by atomic mass is 79.9. The van der Waals surface area contributed by atoms with Gasteiger partial charge in [0, 0.05) is 0 Å². The summed E-state index contributed by atoms with van der Waals surface area (Å²) in [5.74, 6) is 7.19. The summed E-state index contributed by atoms with van der Waals surface area (Å²) in [6.07, 6.45) is 2.54. The van der Waals surface area contributed by atoms with Gasteiger partial charge in [-0.15, -0.1) is 0 Å². The van der Waals surface area contributed by atoms with E-state index in [-0.39, 0.29) is 0 Å². The van der Waals surface area contributed by atoms with E-state index in [1.165, 1.54) is 12.8 Å². The minimum atomic E-state index is 0.604. The largest absolute Gasteiger partial charge is 0.477 e. The molecule has 76 valence electrons. The molecule has 0 aliphatic heterocycles. The summed E-state index contributed by atoms with van der Waals surface area (Å²) in [5, 5.41) is 0. The van der Waals surface area contributed by atoms with Crippen molar-refractivity contribution in [1.82, 2.24) is 4.98 Å². The average Bonchev–Trinajstić information content (AvgIpc) is 3.00. The molecule has 1 aliphatic rings. The van der Waals surface area contributed by atoms with Crippen LogP contribution in [0.3, 0.4) is 0 Å². The fourth-order valence-corrected chi connectivity index (χ4v) is 1.42. The fourth-order valence-electron chi connectivity index (χ4n) is 1.09. The van der Waals surface area contributed by atoms with E-state index in [9.17, 15) is 0 Å². The number of rotatable bonds is 4. The van der Waals surface area contributed by atoms with Crippen molar-refractivity contribution in [3.05, 3.63) is 16.6 Å². The molecule has 0 spiro atoms. The quantitative estimate of drug-likeness (QED) is 0.639. The van der Waals surface area contributed by atoms with Crippen LogP contribution < -0.4 is 16.0 Å². The van der Waals surface area contributed by atoms with Gasteiger partial charge in [0.25, 0.3) is 0 Å². The molecule has 1 fully saturated rings. The molecule has 1 saturated carbocycles. The minimum absolute atomic E-state index is 0.604. The SMILES string of the molecule is NNc1ccc(Br)c(OCC2CC2)n1. The number of aromatic nitrogens is 1. The van der Waals surface area contributed by atoms with E-state index in [1.807, 2.05) is 6.07 Å². The van der Waals surface area contributed by atoms with Gasteiger partial charge >= 0.3 is 0 Å². The Kier molecular flexibility index (Phi) is 2.88. The zero-order valence-electron chi connectivity index (χ0n) is 7.66. The number of nitrogens with two attached hydrogens (primary N) is 1. The topological polar surface area (TPSA) is 60.2 Å².